The van der Waals surface area contributed by atoms with Crippen molar-refractivity contribution in [1.29, 1.82) is 0 Å². The van der Waals surface area contributed by atoms with Crippen LogP contribution in [0.4, 0.5) is 0 Å². The fourth-order valence-electron chi connectivity index (χ4n) is 2.08. The number of aliphatic carboxylic acids is 1. The van der Waals surface area contributed by atoms with E-state index in [1.807, 2.05) is 19.9 Å². The van der Waals surface area contributed by atoms with Gasteiger partial charge in [-0.25, -0.2) is 9.59 Å². The van der Waals surface area contributed by atoms with Gasteiger partial charge in [0.05, 0.1) is 5.56 Å². The van der Waals surface area contributed by atoms with Crippen LogP contribution in [0.1, 0.15) is 34.0 Å². The second kappa shape index (κ2) is 3.58. The number of hydrogen-bond acceptors (Lipinski definition) is 3. The highest BCUT2D eigenvalue weighted by atomic mass is 16.6. The number of fused-ring (bicyclic) bond motifs is 1. The fraction of sp³-hybridized carbons (Fsp3) is 0.385. The van der Waals surface area contributed by atoms with E-state index < -0.39 is 17.5 Å². The Hall–Kier alpha value is -1.84. The molecular formula is C13H14O4. The molecule has 17 heavy (non-hydrogen) atoms. The molecular weight excluding hydrogens is 220 g/mol. The van der Waals surface area contributed by atoms with Gasteiger partial charge in [0.2, 0.25) is 5.60 Å². The number of ether oxygens (including phenoxy) is 1. The Balaban J connectivity index is 2.57. The summed E-state index contributed by atoms with van der Waals surface area (Å²) in [5.41, 5.74) is 1.67. The van der Waals surface area contributed by atoms with Crippen LogP contribution >= 0.6 is 0 Å². The molecule has 0 fully saturated rings. The first kappa shape index (κ1) is 11.6. The number of rotatable bonds is 1. The maximum Gasteiger partial charge on any atom is 0.348 e. The summed E-state index contributed by atoms with van der Waals surface area (Å²) in [7, 11) is 0. The van der Waals surface area contributed by atoms with Crippen molar-refractivity contribution in [2.45, 2.75) is 32.8 Å². The Morgan fingerprint density at radius 2 is 2.06 bits per heavy atom. The summed E-state index contributed by atoms with van der Waals surface area (Å²) in [6, 6.07) is 3.70. The van der Waals surface area contributed by atoms with Crippen molar-refractivity contribution in [2.24, 2.45) is 0 Å². The molecule has 4 heteroatoms. The van der Waals surface area contributed by atoms with Crippen molar-refractivity contribution in [1.82, 2.24) is 0 Å². The first-order valence-corrected chi connectivity index (χ1v) is 5.41. The number of benzene rings is 1. The standard InChI is InChI=1S/C13H14O4/c1-7-4-5-9-6-13(3,12(15)16)17-11(14)10(9)8(7)2/h4-5H,6H2,1-3H3,(H,15,16). The monoisotopic (exact) mass is 234 g/mol. The molecule has 0 spiro atoms. The van der Waals surface area contributed by atoms with E-state index in [2.05, 4.69) is 0 Å². The summed E-state index contributed by atoms with van der Waals surface area (Å²) in [6.07, 6.45) is 0.213. The Morgan fingerprint density at radius 3 is 2.65 bits per heavy atom. The molecule has 1 aliphatic rings. The molecule has 0 aromatic heterocycles. The van der Waals surface area contributed by atoms with E-state index in [9.17, 15) is 9.59 Å². The average molecular weight is 234 g/mol. The maximum absolute atomic E-state index is 11.9. The molecule has 0 radical (unpaired) electrons. The summed E-state index contributed by atoms with van der Waals surface area (Å²) in [5.74, 6) is -1.66. The zero-order chi connectivity index (χ0) is 12.8. The lowest BCUT2D eigenvalue weighted by atomic mass is 9.87. The number of carbonyl (C=O) groups excluding carboxylic acids is 1. The predicted octanol–water partition coefficient (Wildman–Crippen LogP) is 1.86. The van der Waals surface area contributed by atoms with Gasteiger partial charge in [0.15, 0.2) is 0 Å². The van der Waals surface area contributed by atoms with E-state index >= 15 is 0 Å². The SMILES string of the molecule is Cc1ccc2c(c1C)C(=O)OC(C)(C(=O)O)C2. The van der Waals surface area contributed by atoms with Crippen LogP contribution in [0.5, 0.6) is 0 Å². The summed E-state index contributed by atoms with van der Waals surface area (Å²) in [4.78, 5) is 23.0. The van der Waals surface area contributed by atoms with E-state index in [-0.39, 0.29) is 6.42 Å². The molecule has 0 saturated heterocycles. The summed E-state index contributed by atoms with van der Waals surface area (Å²) < 4.78 is 5.06. The van der Waals surface area contributed by atoms with Gasteiger partial charge >= 0.3 is 11.9 Å². The molecule has 4 nitrogen and oxygen atoms in total. The van der Waals surface area contributed by atoms with Crippen LogP contribution in [0, 0.1) is 13.8 Å². The lowest BCUT2D eigenvalue weighted by Crippen LogP contribution is -2.46. The van der Waals surface area contributed by atoms with Gasteiger partial charge in [0.1, 0.15) is 0 Å². The van der Waals surface area contributed by atoms with Crippen LogP contribution < -0.4 is 0 Å². The van der Waals surface area contributed by atoms with E-state index in [1.165, 1.54) is 6.92 Å². The minimum Gasteiger partial charge on any atom is -0.478 e. The number of carboxylic acid groups (broad SMARTS) is 1. The number of aryl methyl sites for hydroxylation is 1. The highest BCUT2D eigenvalue weighted by Gasteiger charge is 2.43. The zero-order valence-corrected chi connectivity index (χ0v) is 10.0. The third-order valence-electron chi connectivity index (χ3n) is 3.32. The summed E-state index contributed by atoms with van der Waals surface area (Å²) in [6.45, 7) is 5.18. The second-order valence-corrected chi connectivity index (χ2v) is 4.64. The minimum absolute atomic E-state index is 0.213. The van der Waals surface area contributed by atoms with Crippen LogP contribution in [-0.2, 0) is 16.0 Å². The first-order valence-electron chi connectivity index (χ1n) is 5.41. The molecule has 1 N–H and O–H groups in total. The highest BCUT2D eigenvalue weighted by molar-refractivity contribution is 5.97. The Kier molecular flexibility index (Phi) is 2.45. The van der Waals surface area contributed by atoms with Gasteiger partial charge in [0.25, 0.3) is 0 Å². The van der Waals surface area contributed by atoms with Crippen molar-refractivity contribution < 1.29 is 19.4 Å². The molecule has 1 aromatic rings. The number of esters is 1. The van der Waals surface area contributed by atoms with Crippen molar-refractivity contribution >= 4 is 11.9 Å². The normalized spacial score (nSPS) is 22.9. The molecule has 1 unspecified atom stereocenters. The van der Waals surface area contributed by atoms with Crippen molar-refractivity contribution in [3.63, 3.8) is 0 Å². The van der Waals surface area contributed by atoms with E-state index in [1.54, 1.807) is 6.07 Å². The molecule has 1 heterocycles. The molecule has 1 aliphatic heterocycles. The van der Waals surface area contributed by atoms with E-state index in [0.717, 1.165) is 16.7 Å². The molecule has 0 aliphatic carbocycles. The molecule has 0 amide bonds. The zero-order valence-electron chi connectivity index (χ0n) is 10.0. The Morgan fingerprint density at radius 1 is 1.41 bits per heavy atom. The van der Waals surface area contributed by atoms with Crippen molar-refractivity contribution in [3.8, 4) is 0 Å². The number of carbonyl (C=O) groups is 2. The van der Waals surface area contributed by atoms with Gasteiger partial charge in [-0.15, -0.1) is 0 Å². The molecule has 0 saturated carbocycles. The maximum atomic E-state index is 11.9. The van der Waals surface area contributed by atoms with Crippen molar-refractivity contribution in [2.75, 3.05) is 0 Å². The number of cyclic esters (lactones) is 1. The third-order valence-corrected chi connectivity index (χ3v) is 3.32. The quantitative estimate of drug-likeness (QED) is 0.753. The van der Waals surface area contributed by atoms with Crippen LogP contribution in [0.3, 0.4) is 0 Å². The summed E-state index contributed by atoms with van der Waals surface area (Å²) in [5, 5.41) is 9.09. The van der Waals surface area contributed by atoms with E-state index in [4.69, 9.17) is 9.84 Å². The second-order valence-electron chi connectivity index (χ2n) is 4.64. The van der Waals surface area contributed by atoms with Gasteiger partial charge < -0.3 is 9.84 Å². The smallest absolute Gasteiger partial charge is 0.348 e. The molecule has 1 atom stereocenters. The number of hydrogen-bond donors (Lipinski definition) is 1. The molecule has 0 bridgehead atoms. The van der Waals surface area contributed by atoms with Crippen LogP contribution in [0.2, 0.25) is 0 Å². The Bertz CT molecular complexity index is 518. The lowest BCUT2D eigenvalue weighted by molar-refractivity contribution is -0.158. The minimum atomic E-state index is -1.45. The largest absolute Gasteiger partial charge is 0.478 e. The fourth-order valence-corrected chi connectivity index (χ4v) is 2.08. The average Bonchev–Trinajstić information content (AvgIpc) is 2.22. The molecule has 1 aromatic carbocycles. The molecule has 2 rings (SSSR count). The van der Waals surface area contributed by atoms with Gasteiger partial charge in [-0.1, -0.05) is 12.1 Å². The van der Waals surface area contributed by atoms with Crippen LogP contribution in [0.25, 0.3) is 0 Å². The topological polar surface area (TPSA) is 63.6 Å². The van der Waals surface area contributed by atoms with Gasteiger partial charge in [-0.3, -0.25) is 0 Å². The summed E-state index contributed by atoms with van der Waals surface area (Å²) >= 11 is 0. The van der Waals surface area contributed by atoms with Gasteiger partial charge in [0, 0.05) is 6.42 Å². The van der Waals surface area contributed by atoms with Gasteiger partial charge in [-0.05, 0) is 37.5 Å². The predicted molar refractivity (Wildman–Crippen MR) is 61.1 cm³/mol. The third kappa shape index (κ3) is 1.69. The lowest BCUT2D eigenvalue weighted by Gasteiger charge is -2.31. The Labute approximate surface area is 99.2 Å². The molecule has 90 valence electrons. The number of carboxylic acids is 1. The van der Waals surface area contributed by atoms with Crippen LogP contribution in [-0.4, -0.2) is 22.6 Å². The highest BCUT2D eigenvalue weighted by Crippen LogP contribution is 2.31. The van der Waals surface area contributed by atoms with Gasteiger partial charge in [-0.2, -0.15) is 0 Å². The van der Waals surface area contributed by atoms with Crippen molar-refractivity contribution in [3.05, 3.63) is 34.4 Å². The van der Waals surface area contributed by atoms with E-state index in [0.29, 0.717) is 5.56 Å². The first-order chi connectivity index (χ1) is 7.85. The van der Waals surface area contributed by atoms with Crippen LogP contribution in [0.15, 0.2) is 12.1 Å².